The third-order valence-electron chi connectivity index (χ3n) is 4.20. The number of nitrogens with one attached hydrogen (secondary N) is 2. The van der Waals surface area contributed by atoms with Crippen LogP contribution in [0, 0.1) is 5.92 Å². The predicted molar refractivity (Wildman–Crippen MR) is 71.2 cm³/mol. The van der Waals surface area contributed by atoms with Crippen molar-refractivity contribution < 1.29 is 13.6 Å². The van der Waals surface area contributed by atoms with Crippen LogP contribution in [0.15, 0.2) is 6.20 Å². The van der Waals surface area contributed by atoms with Gasteiger partial charge in [-0.25, -0.2) is 13.5 Å². The van der Waals surface area contributed by atoms with Crippen molar-refractivity contribution in [2.75, 3.05) is 19.6 Å². The lowest BCUT2D eigenvalue weighted by molar-refractivity contribution is 0.0900. The molecule has 1 aliphatic carbocycles. The molecule has 2 heterocycles. The Morgan fingerprint density at radius 2 is 2.19 bits per heavy atom. The van der Waals surface area contributed by atoms with Crippen molar-refractivity contribution in [2.24, 2.45) is 5.92 Å². The van der Waals surface area contributed by atoms with E-state index in [1.165, 1.54) is 6.20 Å². The molecule has 1 saturated carbocycles. The van der Waals surface area contributed by atoms with Crippen molar-refractivity contribution >= 4 is 5.91 Å². The third-order valence-corrected chi connectivity index (χ3v) is 4.20. The van der Waals surface area contributed by atoms with Gasteiger partial charge in [0.2, 0.25) is 0 Å². The largest absolute Gasteiger partial charge is 0.351 e. The number of hydrogen-bond acceptors (Lipinski definition) is 4. The van der Waals surface area contributed by atoms with Gasteiger partial charge in [0, 0.05) is 18.9 Å². The van der Waals surface area contributed by atoms with Gasteiger partial charge in [-0.3, -0.25) is 4.79 Å². The lowest BCUT2D eigenvalue weighted by Crippen LogP contribution is -2.33. The highest BCUT2D eigenvalue weighted by Gasteiger charge is 2.55. The molecular formula is C13H19F2N5O. The summed E-state index contributed by atoms with van der Waals surface area (Å²) in [6.07, 6.45) is 3.49. The van der Waals surface area contributed by atoms with Crippen LogP contribution in [0.2, 0.25) is 0 Å². The molecule has 6 nitrogen and oxygen atoms in total. The van der Waals surface area contributed by atoms with Crippen molar-refractivity contribution in [3.05, 3.63) is 11.9 Å². The van der Waals surface area contributed by atoms with E-state index in [0.29, 0.717) is 12.1 Å². The quantitative estimate of drug-likeness (QED) is 0.850. The predicted octanol–water partition coefficient (Wildman–Crippen LogP) is 0.978. The lowest BCUT2D eigenvalue weighted by atomic mass is 10.1. The van der Waals surface area contributed by atoms with Crippen LogP contribution in [-0.4, -0.2) is 46.5 Å². The standard InChI is InChI=1S/C13H19F2N5O/c14-13(15)7-9(13)1-6-17-12(21)11-8-18-19-20(11)10-2-4-16-5-3-10/h8-10,16H,1-7H2,(H,17,21). The topological polar surface area (TPSA) is 71.8 Å². The molecule has 0 aromatic carbocycles. The van der Waals surface area contributed by atoms with Crippen LogP contribution >= 0.6 is 0 Å². The first-order valence-electron chi connectivity index (χ1n) is 7.35. The van der Waals surface area contributed by atoms with E-state index in [-0.39, 0.29) is 24.9 Å². The minimum absolute atomic E-state index is 0.0581. The van der Waals surface area contributed by atoms with Crippen LogP contribution in [0.25, 0.3) is 0 Å². The van der Waals surface area contributed by atoms with Crippen LogP contribution in [-0.2, 0) is 0 Å². The highest BCUT2D eigenvalue weighted by Crippen LogP contribution is 2.50. The molecule has 1 amide bonds. The van der Waals surface area contributed by atoms with E-state index >= 15 is 0 Å². The number of alkyl halides is 2. The van der Waals surface area contributed by atoms with E-state index in [1.807, 2.05) is 0 Å². The summed E-state index contributed by atoms with van der Waals surface area (Å²) in [6, 6.07) is 0.169. The molecule has 3 rings (SSSR count). The number of piperidine rings is 1. The fourth-order valence-electron chi connectivity index (χ4n) is 2.76. The minimum Gasteiger partial charge on any atom is -0.351 e. The number of carbonyl (C=O) groups excluding carboxylic acids is 1. The second-order valence-corrected chi connectivity index (χ2v) is 5.75. The SMILES string of the molecule is O=C(NCCC1CC1(F)F)c1cnnn1C1CCNCC1. The Hall–Kier alpha value is -1.57. The minimum atomic E-state index is -2.52. The van der Waals surface area contributed by atoms with Gasteiger partial charge in [-0.15, -0.1) is 5.10 Å². The fraction of sp³-hybridized carbons (Fsp3) is 0.769. The highest BCUT2D eigenvalue weighted by atomic mass is 19.3. The average molecular weight is 299 g/mol. The number of amides is 1. The Labute approximate surface area is 121 Å². The van der Waals surface area contributed by atoms with E-state index in [2.05, 4.69) is 20.9 Å². The Bertz CT molecular complexity index is 512. The normalized spacial score (nSPS) is 24.8. The molecule has 21 heavy (non-hydrogen) atoms. The third kappa shape index (κ3) is 3.20. The molecule has 2 aliphatic rings. The molecule has 0 radical (unpaired) electrons. The first-order valence-corrected chi connectivity index (χ1v) is 7.35. The summed E-state index contributed by atoms with van der Waals surface area (Å²) in [5.41, 5.74) is 0.407. The molecule has 1 aliphatic heterocycles. The van der Waals surface area contributed by atoms with E-state index in [0.717, 1.165) is 25.9 Å². The molecule has 1 saturated heterocycles. The van der Waals surface area contributed by atoms with Gasteiger partial charge in [0.25, 0.3) is 11.8 Å². The van der Waals surface area contributed by atoms with Crippen LogP contribution < -0.4 is 10.6 Å². The molecule has 1 aromatic rings. The van der Waals surface area contributed by atoms with Gasteiger partial charge in [0.05, 0.1) is 12.2 Å². The Morgan fingerprint density at radius 1 is 1.48 bits per heavy atom. The maximum absolute atomic E-state index is 12.8. The number of rotatable bonds is 5. The molecule has 0 spiro atoms. The molecule has 1 aromatic heterocycles. The smallest absolute Gasteiger partial charge is 0.271 e. The molecule has 1 unspecified atom stereocenters. The summed E-state index contributed by atoms with van der Waals surface area (Å²) < 4.78 is 27.2. The molecule has 2 fully saturated rings. The zero-order valence-corrected chi connectivity index (χ0v) is 11.7. The number of aromatic nitrogens is 3. The van der Waals surface area contributed by atoms with Gasteiger partial charge >= 0.3 is 0 Å². The Morgan fingerprint density at radius 3 is 2.86 bits per heavy atom. The average Bonchev–Trinajstić information content (AvgIpc) is 2.91. The van der Waals surface area contributed by atoms with Crippen molar-refractivity contribution in [2.45, 2.75) is 37.6 Å². The van der Waals surface area contributed by atoms with Gasteiger partial charge < -0.3 is 10.6 Å². The zero-order valence-electron chi connectivity index (χ0n) is 11.7. The first-order chi connectivity index (χ1) is 10.1. The molecule has 1 atom stereocenters. The second-order valence-electron chi connectivity index (χ2n) is 5.75. The number of halogens is 2. The van der Waals surface area contributed by atoms with Crippen LogP contribution in [0.1, 0.15) is 42.2 Å². The lowest BCUT2D eigenvalue weighted by Gasteiger charge is -2.23. The van der Waals surface area contributed by atoms with E-state index in [1.54, 1.807) is 4.68 Å². The fourth-order valence-corrected chi connectivity index (χ4v) is 2.76. The summed E-state index contributed by atoms with van der Waals surface area (Å²) in [5, 5.41) is 13.7. The van der Waals surface area contributed by atoms with Crippen LogP contribution in [0.4, 0.5) is 8.78 Å². The van der Waals surface area contributed by atoms with Gasteiger partial charge in [-0.05, 0) is 32.4 Å². The van der Waals surface area contributed by atoms with Crippen molar-refractivity contribution in [1.29, 1.82) is 0 Å². The summed E-state index contributed by atoms with van der Waals surface area (Å²) >= 11 is 0. The van der Waals surface area contributed by atoms with E-state index in [4.69, 9.17) is 0 Å². The Kier molecular flexibility index (Phi) is 3.88. The molecule has 8 heteroatoms. The van der Waals surface area contributed by atoms with E-state index in [9.17, 15) is 13.6 Å². The number of carbonyl (C=O) groups is 1. The monoisotopic (exact) mass is 299 g/mol. The Balaban J connectivity index is 1.53. The van der Waals surface area contributed by atoms with Crippen molar-refractivity contribution in [1.82, 2.24) is 25.6 Å². The molecule has 2 N–H and O–H groups in total. The summed E-state index contributed by atoms with van der Waals surface area (Å²) in [6.45, 7) is 2.04. The van der Waals surface area contributed by atoms with Crippen LogP contribution in [0.5, 0.6) is 0 Å². The maximum Gasteiger partial charge on any atom is 0.271 e. The number of nitrogens with zero attached hydrogens (tertiary/aromatic N) is 3. The van der Waals surface area contributed by atoms with Crippen molar-refractivity contribution in [3.63, 3.8) is 0 Å². The molecular weight excluding hydrogens is 280 g/mol. The summed E-state index contributed by atoms with van der Waals surface area (Å²) in [4.78, 5) is 12.1. The number of hydrogen-bond donors (Lipinski definition) is 2. The van der Waals surface area contributed by atoms with Gasteiger partial charge in [-0.2, -0.15) is 0 Å². The van der Waals surface area contributed by atoms with Gasteiger partial charge in [0.15, 0.2) is 0 Å². The van der Waals surface area contributed by atoms with Gasteiger partial charge in [0.1, 0.15) is 5.69 Å². The summed E-state index contributed by atoms with van der Waals surface area (Å²) in [7, 11) is 0. The maximum atomic E-state index is 12.8. The molecule has 0 bridgehead atoms. The molecule has 116 valence electrons. The van der Waals surface area contributed by atoms with E-state index < -0.39 is 11.8 Å². The van der Waals surface area contributed by atoms with Crippen LogP contribution in [0.3, 0.4) is 0 Å². The van der Waals surface area contributed by atoms with Crippen molar-refractivity contribution in [3.8, 4) is 0 Å². The second kappa shape index (κ2) is 5.67. The summed E-state index contributed by atoms with van der Waals surface area (Å²) in [5.74, 6) is -3.39. The first kappa shape index (κ1) is 14.4. The zero-order chi connectivity index (χ0) is 14.9. The van der Waals surface area contributed by atoms with Gasteiger partial charge in [-0.1, -0.05) is 5.21 Å². The highest BCUT2D eigenvalue weighted by molar-refractivity contribution is 5.92.